The quantitative estimate of drug-likeness (QED) is 0.630. The van der Waals surface area contributed by atoms with Crippen LogP contribution in [0.4, 0.5) is 0 Å². The molecule has 0 aromatic rings. The van der Waals surface area contributed by atoms with E-state index >= 15 is 0 Å². The van der Waals surface area contributed by atoms with Crippen LogP contribution in [0.25, 0.3) is 0 Å². The molecule has 0 aliphatic heterocycles. The number of ether oxygens (including phenoxy) is 1. The highest BCUT2D eigenvalue weighted by atomic mass is 16.5. The van der Waals surface area contributed by atoms with Gasteiger partial charge < -0.3 is 4.74 Å². The standard InChI is InChI=1S/C15H26O/c1-16-15(14-10-6-3-7-11-14)12-13-8-4-2-5-9-13/h12-14H,2-11H2,1H3. The minimum atomic E-state index is 0.737. The number of methoxy groups -OCH3 is 1. The average molecular weight is 222 g/mol. The molecular weight excluding hydrogens is 196 g/mol. The molecule has 0 radical (unpaired) electrons. The topological polar surface area (TPSA) is 9.23 Å². The molecule has 2 aliphatic carbocycles. The molecule has 0 atom stereocenters. The fourth-order valence-electron chi connectivity index (χ4n) is 3.29. The predicted octanol–water partition coefficient (Wildman–Crippen LogP) is 4.68. The Bertz CT molecular complexity index is 220. The van der Waals surface area contributed by atoms with E-state index in [2.05, 4.69) is 6.08 Å². The van der Waals surface area contributed by atoms with E-state index in [1.54, 1.807) is 0 Å². The molecule has 16 heavy (non-hydrogen) atoms. The Balaban J connectivity index is 1.93. The lowest BCUT2D eigenvalue weighted by molar-refractivity contribution is 0.207. The summed E-state index contributed by atoms with van der Waals surface area (Å²) in [7, 11) is 1.86. The Morgan fingerprint density at radius 1 is 0.875 bits per heavy atom. The first kappa shape index (κ1) is 12.0. The summed E-state index contributed by atoms with van der Waals surface area (Å²) in [6.45, 7) is 0. The van der Waals surface area contributed by atoms with Crippen LogP contribution in [0.3, 0.4) is 0 Å². The van der Waals surface area contributed by atoms with Gasteiger partial charge in [-0.15, -0.1) is 0 Å². The second-order valence-electron chi connectivity index (χ2n) is 5.51. The van der Waals surface area contributed by atoms with Crippen molar-refractivity contribution in [2.24, 2.45) is 11.8 Å². The predicted molar refractivity (Wildman–Crippen MR) is 68.2 cm³/mol. The van der Waals surface area contributed by atoms with Gasteiger partial charge in [0, 0.05) is 5.92 Å². The lowest BCUT2D eigenvalue weighted by atomic mass is 9.84. The molecule has 2 aliphatic rings. The molecule has 0 N–H and O–H groups in total. The summed E-state index contributed by atoms with van der Waals surface area (Å²) >= 11 is 0. The molecule has 2 rings (SSSR count). The van der Waals surface area contributed by atoms with Gasteiger partial charge in [-0.25, -0.2) is 0 Å². The molecule has 0 spiro atoms. The second kappa shape index (κ2) is 6.32. The summed E-state index contributed by atoms with van der Waals surface area (Å²) in [6, 6.07) is 0. The van der Waals surface area contributed by atoms with E-state index < -0.39 is 0 Å². The van der Waals surface area contributed by atoms with E-state index in [0.29, 0.717) is 0 Å². The van der Waals surface area contributed by atoms with Gasteiger partial charge in [-0.2, -0.15) is 0 Å². The molecule has 1 nitrogen and oxygen atoms in total. The molecule has 0 amide bonds. The van der Waals surface area contributed by atoms with Crippen molar-refractivity contribution >= 4 is 0 Å². The van der Waals surface area contributed by atoms with Crippen molar-refractivity contribution < 1.29 is 4.74 Å². The molecule has 0 unspecified atom stereocenters. The van der Waals surface area contributed by atoms with E-state index in [0.717, 1.165) is 11.8 Å². The molecule has 0 bridgehead atoms. The van der Waals surface area contributed by atoms with Crippen LogP contribution in [0.15, 0.2) is 11.8 Å². The van der Waals surface area contributed by atoms with Crippen LogP contribution in [0.1, 0.15) is 64.2 Å². The largest absolute Gasteiger partial charge is 0.501 e. The van der Waals surface area contributed by atoms with Crippen LogP contribution in [0.5, 0.6) is 0 Å². The SMILES string of the molecule is COC(=CC1CCCCC1)C1CCCCC1. The first-order valence-electron chi connectivity index (χ1n) is 7.16. The molecule has 0 saturated heterocycles. The van der Waals surface area contributed by atoms with Gasteiger partial charge in [0.15, 0.2) is 0 Å². The Morgan fingerprint density at radius 2 is 1.44 bits per heavy atom. The fraction of sp³-hybridized carbons (Fsp3) is 0.867. The van der Waals surface area contributed by atoms with E-state index in [1.165, 1.54) is 70.0 Å². The number of hydrogen-bond donors (Lipinski definition) is 0. The second-order valence-corrected chi connectivity index (χ2v) is 5.51. The minimum Gasteiger partial charge on any atom is -0.501 e. The van der Waals surface area contributed by atoms with Gasteiger partial charge >= 0.3 is 0 Å². The monoisotopic (exact) mass is 222 g/mol. The maximum Gasteiger partial charge on any atom is 0.0949 e. The zero-order valence-electron chi connectivity index (χ0n) is 10.7. The van der Waals surface area contributed by atoms with Crippen molar-refractivity contribution in [2.45, 2.75) is 64.2 Å². The van der Waals surface area contributed by atoms with Crippen LogP contribution in [0.2, 0.25) is 0 Å². The van der Waals surface area contributed by atoms with E-state index in [4.69, 9.17) is 4.74 Å². The third kappa shape index (κ3) is 3.26. The maximum atomic E-state index is 5.65. The number of rotatable bonds is 3. The zero-order chi connectivity index (χ0) is 11.2. The molecule has 0 aromatic heterocycles. The van der Waals surface area contributed by atoms with Gasteiger partial charge in [-0.3, -0.25) is 0 Å². The highest BCUT2D eigenvalue weighted by molar-refractivity contribution is 5.03. The Morgan fingerprint density at radius 3 is 2.00 bits per heavy atom. The van der Waals surface area contributed by atoms with Crippen molar-refractivity contribution in [3.05, 3.63) is 11.8 Å². The van der Waals surface area contributed by atoms with Gasteiger partial charge in [0.25, 0.3) is 0 Å². The summed E-state index contributed by atoms with van der Waals surface area (Å²) in [5.74, 6) is 2.86. The molecule has 0 aromatic carbocycles. The van der Waals surface area contributed by atoms with Gasteiger partial charge in [-0.1, -0.05) is 38.5 Å². The van der Waals surface area contributed by atoms with Crippen molar-refractivity contribution in [2.75, 3.05) is 7.11 Å². The van der Waals surface area contributed by atoms with E-state index in [1.807, 2.05) is 7.11 Å². The highest BCUT2D eigenvalue weighted by Gasteiger charge is 2.20. The molecule has 2 fully saturated rings. The van der Waals surface area contributed by atoms with Gasteiger partial charge in [0.2, 0.25) is 0 Å². The summed E-state index contributed by atoms with van der Waals surface area (Å²) in [5.41, 5.74) is 0. The van der Waals surface area contributed by atoms with E-state index in [-0.39, 0.29) is 0 Å². The van der Waals surface area contributed by atoms with Crippen molar-refractivity contribution in [1.82, 2.24) is 0 Å². The molecule has 2 saturated carbocycles. The normalized spacial score (nSPS) is 25.7. The van der Waals surface area contributed by atoms with Crippen LogP contribution < -0.4 is 0 Å². The molecule has 0 heterocycles. The maximum absolute atomic E-state index is 5.65. The lowest BCUT2D eigenvalue weighted by Gasteiger charge is -2.26. The lowest BCUT2D eigenvalue weighted by Crippen LogP contribution is -2.13. The summed E-state index contributed by atoms with van der Waals surface area (Å²) < 4.78 is 5.65. The van der Waals surface area contributed by atoms with Crippen molar-refractivity contribution in [1.29, 1.82) is 0 Å². The third-order valence-electron chi connectivity index (χ3n) is 4.29. The van der Waals surface area contributed by atoms with Gasteiger partial charge in [0.1, 0.15) is 0 Å². The third-order valence-corrected chi connectivity index (χ3v) is 4.29. The summed E-state index contributed by atoms with van der Waals surface area (Å²) in [6.07, 6.45) is 16.5. The first-order chi connectivity index (χ1) is 7.90. The van der Waals surface area contributed by atoms with Crippen LogP contribution in [-0.4, -0.2) is 7.11 Å². The number of allylic oxidation sites excluding steroid dienone is 2. The van der Waals surface area contributed by atoms with Crippen molar-refractivity contribution in [3.63, 3.8) is 0 Å². The smallest absolute Gasteiger partial charge is 0.0949 e. The highest BCUT2D eigenvalue weighted by Crippen LogP contribution is 2.33. The first-order valence-corrected chi connectivity index (χ1v) is 7.16. The Kier molecular flexibility index (Phi) is 4.74. The number of hydrogen-bond acceptors (Lipinski definition) is 1. The van der Waals surface area contributed by atoms with Crippen molar-refractivity contribution in [3.8, 4) is 0 Å². The molecule has 1 heteroatoms. The van der Waals surface area contributed by atoms with Crippen LogP contribution >= 0.6 is 0 Å². The molecule has 92 valence electrons. The Labute approximate surface area is 100 Å². The van der Waals surface area contributed by atoms with Crippen LogP contribution in [-0.2, 0) is 4.74 Å². The fourth-order valence-corrected chi connectivity index (χ4v) is 3.29. The molecular formula is C15H26O. The van der Waals surface area contributed by atoms with Gasteiger partial charge in [0.05, 0.1) is 12.9 Å². The van der Waals surface area contributed by atoms with Gasteiger partial charge in [-0.05, 0) is 37.7 Å². The Hall–Kier alpha value is -0.460. The average Bonchev–Trinajstić information content (AvgIpc) is 2.38. The van der Waals surface area contributed by atoms with Crippen LogP contribution in [0, 0.1) is 11.8 Å². The zero-order valence-corrected chi connectivity index (χ0v) is 10.7. The minimum absolute atomic E-state index is 0.737. The van der Waals surface area contributed by atoms with E-state index in [9.17, 15) is 0 Å². The summed E-state index contributed by atoms with van der Waals surface area (Å²) in [5, 5.41) is 0. The summed E-state index contributed by atoms with van der Waals surface area (Å²) in [4.78, 5) is 0.